The molecule has 0 bridgehead atoms. The number of hydrogen-bond acceptors (Lipinski definition) is 4. The molecule has 1 aromatic heterocycles. The van der Waals surface area contributed by atoms with Crippen LogP contribution >= 0.6 is 28.3 Å². The van der Waals surface area contributed by atoms with Crippen molar-refractivity contribution in [3.8, 4) is 11.4 Å². The maximum Gasteiger partial charge on any atom is 0.231 e. The van der Waals surface area contributed by atoms with Crippen LogP contribution in [0.1, 0.15) is 18.2 Å². The average molecular weight is 331 g/mol. The summed E-state index contributed by atoms with van der Waals surface area (Å²) in [6.07, 6.45) is 1.07. The van der Waals surface area contributed by atoms with Crippen molar-refractivity contribution < 1.29 is 4.52 Å². The van der Waals surface area contributed by atoms with Gasteiger partial charge < -0.3 is 9.84 Å². The fourth-order valence-electron chi connectivity index (χ4n) is 2.01. The van der Waals surface area contributed by atoms with Crippen molar-refractivity contribution in [3.63, 3.8) is 0 Å². The van der Waals surface area contributed by atoms with Crippen molar-refractivity contribution in [1.82, 2.24) is 15.5 Å². The first-order chi connectivity index (χ1) is 8.33. The summed E-state index contributed by atoms with van der Waals surface area (Å²) in [6, 6.07) is 7.91. The predicted molar refractivity (Wildman–Crippen MR) is 74.9 cm³/mol. The third-order valence-corrected chi connectivity index (χ3v) is 3.43. The molecule has 0 unspecified atom stereocenters. The molecule has 0 radical (unpaired) electrons. The summed E-state index contributed by atoms with van der Waals surface area (Å²) < 4.78 is 6.34. The Morgan fingerprint density at radius 1 is 1.39 bits per heavy atom. The summed E-state index contributed by atoms with van der Waals surface area (Å²) >= 11 is 3.44. The Hall–Kier alpha value is -0.910. The third kappa shape index (κ3) is 2.74. The van der Waals surface area contributed by atoms with E-state index in [2.05, 4.69) is 31.4 Å². The number of rotatable bonds is 2. The lowest BCUT2D eigenvalue weighted by molar-refractivity contribution is 0.359. The predicted octanol–water partition coefficient (Wildman–Crippen LogP) is 3.00. The van der Waals surface area contributed by atoms with Gasteiger partial charge in [-0.05, 0) is 25.1 Å². The van der Waals surface area contributed by atoms with Gasteiger partial charge in [0, 0.05) is 16.6 Å². The van der Waals surface area contributed by atoms with Crippen LogP contribution in [0.15, 0.2) is 33.3 Å². The van der Waals surface area contributed by atoms with E-state index in [4.69, 9.17) is 4.52 Å². The highest BCUT2D eigenvalue weighted by atomic mass is 79.9. The lowest BCUT2D eigenvalue weighted by Crippen LogP contribution is -2.08. The summed E-state index contributed by atoms with van der Waals surface area (Å²) in [7, 11) is 0. The zero-order chi connectivity index (χ0) is 11.7. The molecule has 1 atom stereocenters. The first-order valence-electron chi connectivity index (χ1n) is 5.63. The fraction of sp³-hybridized carbons (Fsp3) is 0.333. The van der Waals surface area contributed by atoms with Gasteiger partial charge in [0.25, 0.3) is 0 Å². The molecule has 4 nitrogen and oxygen atoms in total. The van der Waals surface area contributed by atoms with Gasteiger partial charge in [-0.15, -0.1) is 12.4 Å². The van der Waals surface area contributed by atoms with Crippen LogP contribution in [-0.2, 0) is 0 Å². The highest BCUT2D eigenvalue weighted by Gasteiger charge is 2.22. The summed E-state index contributed by atoms with van der Waals surface area (Å²) in [4.78, 5) is 4.46. The molecule has 1 aliphatic rings. The fourth-order valence-corrected chi connectivity index (χ4v) is 2.41. The molecule has 1 fully saturated rings. The summed E-state index contributed by atoms with van der Waals surface area (Å²) in [5.41, 5.74) is 0.973. The molecule has 2 aromatic rings. The van der Waals surface area contributed by atoms with E-state index in [1.54, 1.807) is 0 Å². The van der Waals surface area contributed by atoms with Crippen LogP contribution in [-0.4, -0.2) is 23.2 Å². The largest absolute Gasteiger partial charge is 0.339 e. The number of nitrogens with one attached hydrogen (secondary N) is 1. The summed E-state index contributed by atoms with van der Waals surface area (Å²) in [5, 5.41) is 7.33. The molecule has 1 saturated heterocycles. The van der Waals surface area contributed by atoms with Crippen LogP contribution in [0.3, 0.4) is 0 Å². The molecule has 0 spiro atoms. The van der Waals surface area contributed by atoms with Crippen molar-refractivity contribution in [2.75, 3.05) is 13.1 Å². The highest BCUT2D eigenvalue weighted by molar-refractivity contribution is 9.10. The number of halogens is 2. The minimum Gasteiger partial charge on any atom is -0.339 e. The van der Waals surface area contributed by atoms with Gasteiger partial charge in [0.1, 0.15) is 0 Å². The Morgan fingerprint density at radius 2 is 2.28 bits per heavy atom. The average Bonchev–Trinajstić information content (AvgIpc) is 3.00. The molecule has 3 rings (SSSR count). The minimum atomic E-state index is 0. The topological polar surface area (TPSA) is 51.0 Å². The van der Waals surface area contributed by atoms with Gasteiger partial charge in [-0.3, -0.25) is 0 Å². The standard InChI is InChI=1S/C12H12BrN3O.ClH/c13-10-3-1-2-8(6-10)11-15-12(17-16-11)9-4-5-14-7-9;/h1-3,6,9,14H,4-5,7H2;1H/t9-;/m1./s1. The Labute approximate surface area is 120 Å². The van der Waals surface area contributed by atoms with Crippen molar-refractivity contribution in [1.29, 1.82) is 0 Å². The molecule has 0 saturated carbocycles. The molecular weight excluding hydrogens is 318 g/mol. The number of nitrogens with zero attached hydrogens (tertiary/aromatic N) is 2. The molecule has 2 heterocycles. The van der Waals surface area contributed by atoms with Crippen molar-refractivity contribution in [3.05, 3.63) is 34.6 Å². The Balaban J connectivity index is 0.00000120. The van der Waals surface area contributed by atoms with Crippen molar-refractivity contribution in [2.24, 2.45) is 0 Å². The van der Waals surface area contributed by atoms with Gasteiger partial charge in [-0.1, -0.05) is 33.2 Å². The smallest absolute Gasteiger partial charge is 0.231 e. The van der Waals surface area contributed by atoms with E-state index in [-0.39, 0.29) is 12.4 Å². The molecule has 18 heavy (non-hydrogen) atoms. The molecule has 6 heteroatoms. The van der Waals surface area contributed by atoms with Gasteiger partial charge in [-0.2, -0.15) is 4.98 Å². The molecule has 1 aliphatic heterocycles. The van der Waals surface area contributed by atoms with Crippen LogP contribution < -0.4 is 5.32 Å². The molecule has 1 N–H and O–H groups in total. The van der Waals surface area contributed by atoms with Gasteiger partial charge in [0.05, 0.1) is 5.92 Å². The second-order valence-electron chi connectivity index (χ2n) is 4.16. The SMILES string of the molecule is Brc1cccc(-c2noc([C@@H]3CCNC3)n2)c1.Cl. The second-order valence-corrected chi connectivity index (χ2v) is 5.07. The van der Waals surface area contributed by atoms with Crippen molar-refractivity contribution in [2.45, 2.75) is 12.3 Å². The third-order valence-electron chi connectivity index (χ3n) is 2.93. The number of hydrogen-bond donors (Lipinski definition) is 1. The van der Waals surface area contributed by atoms with Gasteiger partial charge in [0.2, 0.25) is 11.7 Å². The quantitative estimate of drug-likeness (QED) is 0.919. The molecule has 96 valence electrons. The molecule has 0 amide bonds. The van der Waals surface area contributed by atoms with Crippen LogP contribution in [0.25, 0.3) is 11.4 Å². The second kappa shape index (κ2) is 5.82. The molecular formula is C12H13BrClN3O. The number of benzene rings is 1. The summed E-state index contributed by atoms with van der Waals surface area (Å²) in [5.74, 6) is 1.77. The maximum atomic E-state index is 5.33. The van der Waals surface area contributed by atoms with Crippen LogP contribution in [0.5, 0.6) is 0 Å². The van der Waals surface area contributed by atoms with E-state index in [1.165, 1.54) is 0 Å². The zero-order valence-electron chi connectivity index (χ0n) is 9.60. The van der Waals surface area contributed by atoms with E-state index < -0.39 is 0 Å². The van der Waals surface area contributed by atoms with E-state index in [9.17, 15) is 0 Å². The first-order valence-corrected chi connectivity index (χ1v) is 6.42. The van der Waals surface area contributed by atoms with Crippen LogP contribution in [0.4, 0.5) is 0 Å². The highest BCUT2D eigenvalue weighted by Crippen LogP contribution is 2.25. The summed E-state index contributed by atoms with van der Waals surface area (Å²) in [6.45, 7) is 1.96. The van der Waals surface area contributed by atoms with Gasteiger partial charge in [-0.25, -0.2) is 0 Å². The van der Waals surface area contributed by atoms with Crippen molar-refractivity contribution >= 4 is 28.3 Å². The van der Waals surface area contributed by atoms with E-state index in [1.807, 2.05) is 24.3 Å². The Morgan fingerprint density at radius 3 is 3.00 bits per heavy atom. The number of aromatic nitrogens is 2. The molecule has 1 aromatic carbocycles. The van der Waals surface area contributed by atoms with E-state index in [0.29, 0.717) is 11.7 Å². The Kier molecular flexibility index (Phi) is 4.37. The van der Waals surface area contributed by atoms with Crippen LogP contribution in [0, 0.1) is 0 Å². The maximum absolute atomic E-state index is 5.33. The normalized spacial score (nSPS) is 18.6. The van der Waals surface area contributed by atoms with Crippen LogP contribution in [0.2, 0.25) is 0 Å². The van der Waals surface area contributed by atoms with E-state index >= 15 is 0 Å². The zero-order valence-corrected chi connectivity index (χ0v) is 12.0. The Bertz CT molecular complexity index is 526. The minimum absolute atomic E-state index is 0. The van der Waals surface area contributed by atoms with E-state index in [0.717, 1.165) is 35.4 Å². The van der Waals surface area contributed by atoms with Gasteiger partial charge in [0.15, 0.2) is 0 Å². The lowest BCUT2D eigenvalue weighted by Gasteiger charge is -1.98. The first kappa shape index (κ1) is 13.5. The van der Waals surface area contributed by atoms with Gasteiger partial charge >= 0.3 is 0 Å². The monoisotopic (exact) mass is 329 g/mol. The molecule has 0 aliphatic carbocycles. The lowest BCUT2D eigenvalue weighted by atomic mass is 10.1.